The van der Waals surface area contributed by atoms with Crippen molar-refractivity contribution in [3.63, 3.8) is 0 Å². The molecule has 2 aliphatic rings. The fourth-order valence-corrected chi connectivity index (χ4v) is 2.36. The van der Waals surface area contributed by atoms with Crippen LogP contribution in [0.5, 0.6) is 0 Å². The van der Waals surface area contributed by atoms with Crippen molar-refractivity contribution >= 4 is 11.5 Å². The van der Waals surface area contributed by atoms with Crippen molar-refractivity contribution in [2.24, 2.45) is 0 Å². The van der Waals surface area contributed by atoms with Gasteiger partial charge in [-0.1, -0.05) is 6.07 Å². The van der Waals surface area contributed by atoms with Crippen LogP contribution in [0, 0.1) is 6.92 Å². The van der Waals surface area contributed by atoms with Crippen LogP contribution in [0.4, 0.5) is 5.69 Å². The number of hydrogen-bond donors (Lipinski definition) is 1. The van der Waals surface area contributed by atoms with Gasteiger partial charge in [-0.3, -0.25) is 10.3 Å². The highest BCUT2D eigenvalue weighted by Gasteiger charge is 2.47. The average Bonchev–Trinajstić information content (AvgIpc) is 2.36. The highest BCUT2D eigenvalue weighted by molar-refractivity contribution is 6.07. The molecule has 1 atom stereocenters. The summed E-state index contributed by atoms with van der Waals surface area (Å²) in [5.41, 5.74) is 5.33. The molecule has 1 spiro atoms. The molecule has 4 heteroatoms. The molecule has 90 valence electrons. The Labute approximate surface area is 99.9 Å². The van der Waals surface area contributed by atoms with Crippen LogP contribution < -0.4 is 5.48 Å². The van der Waals surface area contributed by atoms with Crippen LogP contribution in [0.15, 0.2) is 18.2 Å². The molecule has 4 nitrogen and oxygen atoms in total. The zero-order valence-electron chi connectivity index (χ0n) is 9.79. The van der Waals surface area contributed by atoms with Gasteiger partial charge in [0.2, 0.25) is 5.78 Å². The van der Waals surface area contributed by atoms with Crippen molar-refractivity contribution in [3.8, 4) is 0 Å². The molecule has 2 heterocycles. The Bertz CT molecular complexity index is 464. The molecule has 0 bridgehead atoms. The first kappa shape index (κ1) is 10.7. The highest BCUT2D eigenvalue weighted by Crippen LogP contribution is 2.36. The summed E-state index contributed by atoms with van der Waals surface area (Å²) < 4.78 is 5.57. The van der Waals surface area contributed by atoms with Crippen LogP contribution in [0.2, 0.25) is 0 Å². The summed E-state index contributed by atoms with van der Waals surface area (Å²) >= 11 is 0. The number of benzene rings is 1. The van der Waals surface area contributed by atoms with Crippen LogP contribution in [0.1, 0.15) is 35.2 Å². The van der Waals surface area contributed by atoms with E-state index in [4.69, 9.17) is 9.57 Å². The second-order valence-corrected chi connectivity index (χ2v) is 4.64. The first-order chi connectivity index (χ1) is 8.21. The summed E-state index contributed by atoms with van der Waals surface area (Å²) in [6.07, 6.45) is 2.56. The minimum atomic E-state index is -1.10. The summed E-state index contributed by atoms with van der Waals surface area (Å²) in [4.78, 5) is 17.9. The number of carbonyl (C=O) groups excluding carboxylic acids is 1. The van der Waals surface area contributed by atoms with E-state index in [1.807, 2.05) is 25.1 Å². The van der Waals surface area contributed by atoms with Crippen molar-refractivity contribution in [2.75, 3.05) is 12.1 Å². The largest absolute Gasteiger partial charge is 0.342 e. The molecule has 0 aromatic heterocycles. The maximum Gasteiger partial charge on any atom is 0.257 e. The van der Waals surface area contributed by atoms with Crippen molar-refractivity contribution in [1.82, 2.24) is 0 Å². The van der Waals surface area contributed by atoms with E-state index in [1.165, 1.54) is 0 Å². The van der Waals surface area contributed by atoms with E-state index in [0.717, 1.165) is 24.1 Å². The molecule has 1 aromatic carbocycles. The Morgan fingerprint density at radius 2 is 2.24 bits per heavy atom. The summed E-state index contributed by atoms with van der Waals surface area (Å²) in [5, 5.41) is 0. The van der Waals surface area contributed by atoms with E-state index in [1.54, 1.807) is 0 Å². The molecule has 3 rings (SSSR count). The Kier molecular flexibility index (Phi) is 2.42. The Morgan fingerprint density at radius 1 is 1.35 bits per heavy atom. The molecule has 1 saturated heterocycles. The number of carbonyl (C=O) groups is 1. The number of rotatable bonds is 0. The molecule has 0 aliphatic carbocycles. The number of hydrogen-bond acceptors (Lipinski definition) is 4. The van der Waals surface area contributed by atoms with E-state index < -0.39 is 5.79 Å². The van der Waals surface area contributed by atoms with Crippen LogP contribution in [0.25, 0.3) is 0 Å². The number of ketones is 1. The van der Waals surface area contributed by atoms with Crippen molar-refractivity contribution in [3.05, 3.63) is 29.3 Å². The minimum Gasteiger partial charge on any atom is -0.342 e. The molecule has 17 heavy (non-hydrogen) atoms. The summed E-state index contributed by atoms with van der Waals surface area (Å²) in [7, 11) is 0. The zero-order valence-corrected chi connectivity index (χ0v) is 9.79. The summed E-state index contributed by atoms with van der Waals surface area (Å²) in [6.45, 7) is 2.56. The van der Waals surface area contributed by atoms with Gasteiger partial charge in [0.25, 0.3) is 5.79 Å². The lowest BCUT2D eigenvalue weighted by atomic mass is 9.93. The fourth-order valence-electron chi connectivity index (χ4n) is 2.36. The van der Waals surface area contributed by atoms with Gasteiger partial charge in [-0.2, -0.15) is 0 Å². The van der Waals surface area contributed by atoms with Crippen LogP contribution in [-0.2, 0) is 9.57 Å². The molecule has 1 fully saturated rings. The van der Waals surface area contributed by atoms with E-state index in [9.17, 15) is 4.79 Å². The molecule has 0 saturated carbocycles. The fraction of sp³-hybridized carbons (Fsp3) is 0.462. The van der Waals surface area contributed by atoms with Crippen LogP contribution in [-0.4, -0.2) is 18.2 Å². The molecule has 1 aromatic rings. The lowest BCUT2D eigenvalue weighted by Gasteiger charge is -2.38. The van der Waals surface area contributed by atoms with Crippen LogP contribution in [0.3, 0.4) is 0 Å². The maximum atomic E-state index is 12.4. The van der Waals surface area contributed by atoms with Crippen LogP contribution >= 0.6 is 0 Å². The maximum absolute atomic E-state index is 12.4. The monoisotopic (exact) mass is 233 g/mol. The van der Waals surface area contributed by atoms with E-state index >= 15 is 0 Å². The molecular formula is C13H15NO3. The van der Waals surface area contributed by atoms with E-state index in [2.05, 4.69) is 5.48 Å². The van der Waals surface area contributed by atoms with Crippen molar-refractivity contribution in [2.45, 2.75) is 32.0 Å². The van der Waals surface area contributed by atoms with E-state index in [-0.39, 0.29) is 5.78 Å². The molecule has 1 unspecified atom stereocenters. The molecule has 0 radical (unpaired) electrons. The Morgan fingerprint density at radius 3 is 3.00 bits per heavy atom. The number of ether oxygens (including phenoxy) is 1. The van der Waals surface area contributed by atoms with Gasteiger partial charge in [0.1, 0.15) is 0 Å². The topological polar surface area (TPSA) is 47.6 Å². The van der Waals surface area contributed by atoms with Gasteiger partial charge >= 0.3 is 0 Å². The SMILES string of the molecule is Cc1ccc2c(c1)NOC1(CCCCO1)C2=O. The second kappa shape index (κ2) is 3.82. The standard InChI is InChI=1S/C13H15NO3/c1-9-4-5-10-11(8-9)14-17-13(12(10)15)6-2-3-7-16-13/h4-5,8,14H,2-3,6-7H2,1H3. The average molecular weight is 233 g/mol. The Hall–Kier alpha value is -1.39. The number of fused-ring (bicyclic) bond motifs is 1. The first-order valence-electron chi connectivity index (χ1n) is 5.95. The smallest absolute Gasteiger partial charge is 0.257 e. The third-order valence-corrected chi connectivity index (χ3v) is 3.33. The first-order valence-corrected chi connectivity index (χ1v) is 5.95. The van der Waals surface area contributed by atoms with Gasteiger partial charge in [-0.15, -0.1) is 0 Å². The van der Waals surface area contributed by atoms with Gasteiger partial charge in [-0.05, 0) is 37.5 Å². The minimum absolute atomic E-state index is 0.0639. The Balaban J connectivity index is 2.00. The summed E-state index contributed by atoms with van der Waals surface area (Å²) in [6, 6.07) is 5.67. The second-order valence-electron chi connectivity index (χ2n) is 4.64. The zero-order chi connectivity index (χ0) is 11.9. The quantitative estimate of drug-likeness (QED) is 0.747. The molecular weight excluding hydrogens is 218 g/mol. The van der Waals surface area contributed by atoms with Gasteiger partial charge in [0.15, 0.2) is 0 Å². The van der Waals surface area contributed by atoms with E-state index in [0.29, 0.717) is 18.6 Å². The number of nitrogens with one attached hydrogen (secondary N) is 1. The number of Topliss-reactive ketones (excluding diaryl/α,β-unsaturated/α-hetero) is 1. The number of anilines is 1. The summed E-state index contributed by atoms with van der Waals surface area (Å²) in [5.74, 6) is -1.16. The van der Waals surface area contributed by atoms with Gasteiger partial charge < -0.3 is 4.74 Å². The molecule has 0 amide bonds. The normalized spacial score (nSPS) is 27.7. The third-order valence-electron chi connectivity index (χ3n) is 3.33. The third kappa shape index (κ3) is 1.64. The molecule has 1 N–H and O–H groups in total. The highest BCUT2D eigenvalue weighted by atomic mass is 16.8. The lowest BCUT2D eigenvalue weighted by molar-refractivity contribution is -0.208. The van der Waals surface area contributed by atoms with Gasteiger partial charge in [-0.25, -0.2) is 4.84 Å². The lowest BCUT2D eigenvalue weighted by Crippen LogP contribution is -2.50. The van der Waals surface area contributed by atoms with Gasteiger partial charge in [0, 0.05) is 12.0 Å². The number of aryl methyl sites for hydroxylation is 1. The van der Waals surface area contributed by atoms with Gasteiger partial charge in [0.05, 0.1) is 12.3 Å². The predicted molar refractivity (Wildman–Crippen MR) is 62.8 cm³/mol. The predicted octanol–water partition coefficient (Wildman–Crippen LogP) is 2.43. The molecule has 2 aliphatic heterocycles. The van der Waals surface area contributed by atoms with Crippen molar-refractivity contribution in [1.29, 1.82) is 0 Å². The van der Waals surface area contributed by atoms with Crippen molar-refractivity contribution < 1.29 is 14.4 Å².